The first-order valence-electron chi connectivity index (χ1n) is 7.06. The van der Waals surface area contributed by atoms with Crippen LogP contribution in [0.15, 0.2) is 60.8 Å². The molecule has 0 unspecified atom stereocenters. The molecule has 0 amide bonds. The maximum Gasteiger partial charge on any atom is 0.432 e. The lowest BCUT2D eigenvalue weighted by Gasteiger charge is -2.04. The Morgan fingerprint density at radius 1 is 1.14 bits per heavy atom. The van der Waals surface area contributed by atoms with E-state index in [0.29, 0.717) is 6.42 Å². The Morgan fingerprint density at radius 2 is 1.91 bits per heavy atom. The van der Waals surface area contributed by atoms with Crippen LogP contribution in [0, 0.1) is 6.92 Å². The first kappa shape index (κ1) is 14.1. The molecule has 4 heteroatoms. The summed E-state index contributed by atoms with van der Waals surface area (Å²) in [7, 11) is 0. The van der Waals surface area contributed by atoms with Crippen molar-refractivity contribution < 1.29 is 9.90 Å². The third-order valence-electron chi connectivity index (χ3n) is 3.53. The van der Waals surface area contributed by atoms with Crippen LogP contribution in [-0.2, 0) is 6.42 Å². The Bertz CT molecular complexity index is 807. The second kappa shape index (κ2) is 5.85. The van der Waals surface area contributed by atoms with E-state index in [1.807, 2.05) is 55.5 Å². The minimum absolute atomic E-state index is 0.603. The van der Waals surface area contributed by atoms with Crippen LogP contribution in [0.25, 0.3) is 11.1 Å². The van der Waals surface area contributed by atoms with Crippen LogP contribution in [0.2, 0.25) is 0 Å². The number of hydrogen-bond acceptors (Lipinski definition) is 2. The molecule has 0 saturated heterocycles. The number of carboxylic acid groups (broad SMARTS) is 1. The van der Waals surface area contributed by atoms with E-state index in [4.69, 9.17) is 0 Å². The molecule has 4 nitrogen and oxygen atoms in total. The number of aromatic nitrogens is 2. The third-order valence-corrected chi connectivity index (χ3v) is 3.53. The smallest absolute Gasteiger partial charge is 0.432 e. The highest BCUT2D eigenvalue weighted by Crippen LogP contribution is 2.25. The summed E-state index contributed by atoms with van der Waals surface area (Å²) < 4.78 is 0.980. The van der Waals surface area contributed by atoms with Crippen molar-refractivity contribution in [1.82, 2.24) is 9.78 Å². The molecule has 3 rings (SSSR count). The number of hydrogen-bond donors (Lipinski definition) is 1. The van der Waals surface area contributed by atoms with Crippen LogP contribution in [0.1, 0.15) is 16.8 Å². The molecule has 2 aromatic carbocycles. The Kier molecular flexibility index (Phi) is 3.74. The average molecular weight is 292 g/mol. The third kappa shape index (κ3) is 2.91. The number of benzene rings is 2. The fourth-order valence-corrected chi connectivity index (χ4v) is 2.51. The molecule has 0 bridgehead atoms. The molecule has 1 aromatic heterocycles. The van der Waals surface area contributed by atoms with Crippen LogP contribution in [-0.4, -0.2) is 21.0 Å². The fourth-order valence-electron chi connectivity index (χ4n) is 2.51. The average Bonchev–Trinajstić information content (AvgIpc) is 2.92. The van der Waals surface area contributed by atoms with E-state index in [1.165, 1.54) is 5.56 Å². The Morgan fingerprint density at radius 3 is 2.59 bits per heavy atom. The molecule has 0 aliphatic rings. The van der Waals surface area contributed by atoms with E-state index in [0.717, 1.165) is 27.1 Å². The van der Waals surface area contributed by atoms with Gasteiger partial charge in [-0.25, -0.2) is 4.79 Å². The van der Waals surface area contributed by atoms with Gasteiger partial charge in [0.2, 0.25) is 0 Å². The van der Waals surface area contributed by atoms with Crippen LogP contribution in [0.5, 0.6) is 0 Å². The van der Waals surface area contributed by atoms with E-state index >= 15 is 0 Å². The van der Waals surface area contributed by atoms with Crippen LogP contribution in [0.4, 0.5) is 4.79 Å². The van der Waals surface area contributed by atoms with Crippen LogP contribution < -0.4 is 0 Å². The quantitative estimate of drug-likeness (QED) is 0.794. The summed E-state index contributed by atoms with van der Waals surface area (Å²) in [4.78, 5) is 11.2. The summed E-state index contributed by atoms with van der Waals surface area (Å²) >= 11 is 0. The predicted octanol–water partition coefficient (Wildman–Crippen LogP) is 3.98. The Labute approximate surface area is 128 Å². The maximum atomic E-state index is 11.2. The molecular formula is C18H16N2O2. The molecule has 0 saturated carbocycles. The molecule has 0 radical (unpaired) electrons. The molecule has 110 valence electrons. The zero-order valence-corrected chi connectivity index (χ0v) is 12.2. The zero-order valence-electron chi connectivity index (χ0n) is 12.2. The predicted molar refractivity (Wildman–Crippen MR) is 85.1 cm³/mol. The normalized spacial score (nSPS) is 10.6. The highest BCUT2D eigenvalue weighted by atomic mass is 16.4. The lowest BCUT2D eigenvalue weighted by atomic mass is 10.0. The number of nitrogens with zero attached hydrogens (tertiary/aromatic N) is 2. The summed E-state index contributed by atoms with van der Waals surface area (Å²) in [5.74, 6) is 0. The molecule has 0 aliphatic heterocycles. The van der Waals surface area contributed by atoms with E-state index in [2.05, 4.69) is 11.2 Å². The summed E-state index contributed by atoms with van der Waals surface area (Å²) in [5.41, 5.74) is 4.88. The van der Waals surface area contributed by atoms with Gasteiger partial charge in [0, 0.05) is 18.2 Å². The molecule has 1 N–H and O–H groups in total. The summed E-state index contributed by atoms with van der Waals surface area (Å²) in [6, 6.07) is 17.9. The van der Waals surface area contributed by atoms with Gasteiger partial charge in [0.1, 0.15) is 0 Å². The maximum absolute atomic E-state index is 11.2. The van der Waals surface area contributed by atoms with E-state index in [-0.39, 0.29) is 0 Å². The second-order valence-electron chi connectivity index (χ2n) is 5.25. The van der Waals surface area contributed by atoms with Crippen molar-refractivity contribution in [1.29, 1.82) is 0 Å². The fraction of sp³-hybridized carbons (Fsp3) is 0.111. The highest BCUT2D eigenvalue weighted by Gasteiger charge is 2.14. The number of aryl methyl sites for hydroxylation is 1. The van der Waals surface area contributed by atoms with Gasteiger partial charge in [-0.15, -0.1) is 0 Å². The lowest BCUT2D eigenvalue weighted by molar-refractivity contribution is 0.192. The van der Waals surface area contributed by atoms with Crippen molar-refractivity contribution in [2.75, 3.05) is 0 Å². The Hall–Kier alpha value is -2.88. The minimum atomic E-state index is -1.08. The summed E-state index contributed by atoms with van der Waals surface area (Å²) in [6.45, 7) is 2.04. The molecule has 1 heterocycles. The van der Waals surface area contributed by atoms with Crippen molar-refractivity contribution in [3.05, 3.63) is 77.6 Å². The van der Waals surface area contributed by atoms with Gasteiger partial charge in [-0.1, -0.05) is 60.2 Å². The number of rotatable bonds is 3. The highest BCUT2D eigenvalue weighted by molar-refractivity contribution is 5.72. The van der Waals surface area contributed by atoms with Gasteiger partial charge >= 0.3 is 6.09 Å². The van der Waals surface area contributed by atoms with Crippen molar-refractivity contribution in [2.45, 2.75) is 13.3 Å². The standard InChI is InChI=1S/C18H16N2O2/c1-13-6-5-7-14(10-13)11-17-16(12-20(19-17)18(21)22)15-8-3-2-4-9-15/h2-10,12H,11H2,1H3,(H,21,22). The molecule has 0 aliphatic carbocycles. The molecule has 0 atom stereocenters. The molecular weight excluding hydrogens is 276 g/mol. The second-order valence-corrected chi connectivity index (χ2v) is 5.25. The SMILES string of the molecule is Cc1cccc(Cc2nn(C(=O)O)cc2-c2ccccc2)c1. The zero-order chi connectivity index (χ0) is 15.5. The van der Waals surface area contributed by atoms with Gasteiger partial charge in [0.25, 0.3) is 0 Å². The van der Waals surface area contributed by atoms with Gasteiger partial charge < -0.3 is 5.11 Å². The minimum Gasteiger partial charge on any atom is -0.463 e. The van der Waals surface area contributed by atoms with Crippen molar-refractivity contribution in [3.63, 3.8) is 0 Å². The van der Waals surface area contributed by atoms with Gasteiger partial charge in [0.15, 0.2) is 0 Å². The van der Waals surface area contributed by atoms with E-state index in [1.54, 1.807) is 6.20 Å². The van der Waals surface area contributed by atoms with Crippen molar-refractivity contribution >= 4 is 6.09 Å². The topological polar surface area (TPSA) is 55.1 Å². The number of carbonyl (C=O) groups is 1. The first-order valence-corrected chi connectivity index (χ1v) is 7.06. The summed E-state index contributed by atoms with van der Waals surface area (Å²) in [6.07, 6.45) is 1.10. The molecule has 3 aromatic rings. The van der Waals surface area contributed by atoms with Crippen LogP contribution in [0.3, 0.4) is 0 Å². The van der Waals surface area contributed by atoms with E-state index in [9.17, 15) is 9.90 Å². The first-order chi connectivity index (χ1) is 10.6. The summed E-state index contributed by atoms with van der Waals surface area (Å²) in [5, 5.41) is 13.4. The van der Waals surface area contributed by atoms with Gasteiger partial charge in [-0.2, -0.15) is 9.78 Å². The van der Waals surface area contributed by atoms with Crippen LogP contribution >= 0.6 is 0 Å². The Balaban J connectivity index is 2.04. The lowest BCUT2D eigenvalue weighted by Crippen LogP contribution is -2.08. The van der Waals surface area contributed by atoms with Gasteiger partial charge in [-0.3, -0.25) is 0 Å². The van der Waals surface area contributed by atoms with Gasteiger partial charge in [0.05, 0.1) is 5.69 Å². The molecule has 0 fully saturated rings. The monoisotopic (exact) mass is 292 g/mol. The van der Waals surface area contributed by atoms with Gasteiger partial charge in [-0.05, 0) is 18.1 Å². The van der Waals surface area contributed by atoms with Crippen molar-refractivity contribution in [3.8, 4) is 11.1 Å². The molecule has 22 heavy (non-hydrogen) atoms. The van der Waals surface area contributed by atoms with E-state index < -0.39 is 6.09 Å². The molecule has 0 spiro atoms. The van der Waals surface area contributed by atoms with Crippen molar-refractivity contribution in [2.24, 2.45) is 0 Å². The largest absolute Gasteiger partial charge is 0.463 e.